The highest BCUT2D eigenvalue weighted by atomic mass is 16.3. The number of aliphatic hydroxyl groups excluding tert-OH is 1. The van der Waals surface area contributed by atoms with E-state index >= 15 is 0 Å². The molecule has 0 saturated heterocycles. The maximum Gasteiger partial charge on any atom is 0.136 e. The highest BCUT2D eigenvalue weighted by molar-refractivity contribution is 5.92. The van der Waals surface area contributed by atoms with Crippen molar-refractivity contribution in [3.63, 3.8) is 0 Å². The van der Waals surface area contributed by atoms with Gasteiger partial charge in [0.05, 0.1) is 17.3 Å². The first-order chi connectivity index (χ1) is 11.6. The van der Waals surface area contributed by atoms with Gasteiger partial charge in [0.25, 0.3) is 0 Å². The van der Waals surface area contributed by atoms with Crippen LogP contribution in [0.25, 0.3) is 22.2 Å². The number of aliphatic hydroxyl groups is 1. The summed E-state index contributed by atoms with van der Waals surface area (Å²) in [7, 11) is 0. The molecule has 5 heteroatoms. The zero-order valence-electron chi connectivity index (χ0n) is 14.0. The number of rotatable bonds is 5. The molecule has 1 aromatic carbocycles. The van der Waals surface area contributed by atoms with Crippen LogP contribution in [0.4, 0.5) is 5.82 Å². The van der Waals surface area contributed by atoms with Gasteiger partial charge >= 0.3 is 0 Å². The Hall–Kier alpha value is -2.50. The second-order valence-corrected chi connectivity index (χ2v) is 6.07. The van der Waals surface area contributed by atoms with Crippen LogP contribution in [0.3, 0.4) is 0 Å². The van der Waals surface area contributed by atoms with Gasteiger partial charge in [-0.2, -0.15) is 0 Å². The van der Waals surface area contributed by atoms with E-state index in [0.717, 1.165) is 22.2 Å². The van der Waals surface area contributed by atoms with Gasteiger partial charge in [-0.15, -0.1) is 0 Å². The Morgan fingerprint density at radius 2 is 1.92 bits per heavy atom. The van der Waals surface area contributed by atoms with Crippen LogP contribution in [0.2, 0.25) is 0 Å². The molecule has 0 spiro atoms. The molecular formula is C19H22N4O. The zero-order valence-corrected chi connectivity index (χ0v) is 14.0. The molecule has 3 rings (SSSR count). The van der Waals surface area contributed by atoms with Gasteiger partial charge in [-0.25, -0.2) is 4.98 Å². The van der Waals surface area contributed by atoms with Crippen LogP contribution in [0.15, 0.2) is 42.6 Å². The molecule has 0 saturated carbocycles. The summed E-state index contributed by atoms with van der Waals surface area (Å²) < 4.78 is 0. The van der Waals surface area contributed by atoms with E-state index in [-0.39, 0.29) is 6.54 Å². The fraction of sp³-hybridized carbons (Fsp3) is 0.263. The van der Waals surface area contributed by atoms with Crippen molar-refractivity contribution in [2.45, 2.75) is 20.0 Å². The number of fused-ring (bicyclic) bond motifs is 1. The summed E-state index contributed by atoms with van der Waals surface area (Å²) >= 11 is 0. The molecule has 5 nitrogen and oxygen atoms in total. The number of benzene rings is 1. The van der Waals surface area contributed by atoms with E-state index in [1.807, 2.05) is 18.2 Å². The first-order valence-electron chi connectivity index (χ1n) is 8.03. The summed E-state index contributed by atoms with van der Waals surface area (Å²) in [6.07, 6.45) is 1.16. The van der Waals surface area contributed by atoms with Crippen molar-refractivity contribution in [3.8, 4) is 11.3 Å². The van der Waals surface area contributed by atoms with Crippen molar-refractivity contribution in [3.05, 3.63) is 53.7 Å². The van der Waals surface area contributed by atoms with Gasteiger partial charge in [-0.1, -0.05) is 17.2 Å². The highest BCUT2D eigenvalue weighted by Crippen LogP contribution is 2.27. The van der Waals surface area contributed by atoms with Gasteiger partial charge in [0, 0.05) is 30.2 Å². The molecule has 0 bridgehead atoms. The SMILES string of the molecule is Cc1cc(C)cc(-c2cc3ncccc3c(NCC(O)CN)n2)c1. The molecule has 0 aliphatic rings. The quantitative estimate of drug-likeness (QED) is 0.672. The minimum absolute atomic E-state index is 0.208. The molecule has 124 valence electrons. The summed E-state index contributed by atoms with van der Waals surface area (Å²) in [5.74, 6) is 0.710. The van der Waals surface area contributed by atoms with Crippen LogP contribution in [0.1, 0.15) is 11.1 Å². The zero-order chi connectivity index (χ0) is 17.1. The van der Waals surface area contributed by atoms with E-state index < -0.39 is 6.10 Å². The van der Waals surface area contributed by atoms with Crippen molar-refractivity contribution in [2.24, 2.45) is 5.73 Å². The number of nitrogens with two attached hydrogens (primary N) is 1. The summed E-state index contributed by atoms with van der Waals surface area (Å²) in [5.41, 5.74) is 10.7. The minimum Gasteiger partial charge on any atom is -0.390 e. The predicted octanol–water partition coefficient (Wildman–Crippen LogP) is 2.65. The average Bonchev–Trinajstić information content (AvgIpc) is 2.58. The number of nitrogens with zero attached hydrogens (tertiary/aromatic N) is 2. The monoisotopic (exact) mass is 322 g/mol. The Bertz CT molecular complexity index is 843. The molecule has 4 N–H and O–H groups in total. The second kappa shape index (κ2) is 6.95. The number of hydrogen-bond donors (Lipinski definition) is 3. The van der Waals surface area contributed by atoms with E-state index in [9.17, 15) is 5.11 Å². The summed E-state index contributed by atoms with van der Waals surface area (Å²) in [4.78, 5) is 9.21. The standard InChI is InChI=1S/C19H22N4O/c1-12-6-13(2)8-14(7-12)17-9-18-16(4-3-5-21-18)19(23-17)22-11-15(24)10-20/h3-9,15,24H,10-11,20H2,1-2H3,(H,22,23). The van der Waals surface area contributed by atoms with Crippen LogP contribution in [0.5, 0.6) is 0 Å². The molecule has 0 aliphatic carbocycles. The van der Waals surface area contributed by atoms with Gasteiger partial charge in [0.15, 0.2) is 0 Å². The number of pyridine rings is 2. The third kappa shape index (κ3) is 3.53. The third-order valence-corrected chi connectivity index (χ3v) is 3.89. The normalized spacial score (nSPS) is 12.3. The molecule has 0 fully saturated rings. The third-order valence-electron chi connectivity index (χ3n) is 3.89. The largest absolute Gasteiger partial charge is 0.390 e. The molecule has 2 aromatic heterocycles. The van der Waals surface area contributed by atoms with E-state index in [4.69, 9.17) is 10.7 Å². The molecular weight excluding hydrogens is 300 g/mol. The fourth-order valence-corrected chi connectivity index (χ4v) is 2.78. The summed E-state index contributed by atoms with van der Waals surface area (Å²) in [6, 6.07) is 12.2. The fourth-order valence-electron chi connectivity index (χ4n) is 2.78. The lowest BCUT2D eigenvalue weighted by Gasteiger charge is -2.14. The molecule has 0 radical (unpaired) electrons. The molecule has 0 aliphatic heterocycles. The van der Waals surface area contributed by atoms with E-state index in [2.05, 4.69) is 42.3 Å². The molecule has 3 aromatic rings. The maximum absolute atomic E-state index is 9.72. The number of nitrogens with one attached hydrogen (secondary N) is 1. The molecule has 1 atom stereocenters. The summed E-state index contributed by atoms with van der Waals surface area (Å²) in [5, 5.41) is 13.8. The van der Waals surface area contributed by atoms with E-state index in [0.29, 0.717) is 12.4 Å². The van der Waals surface area contributed by atoms with Gasteiger partial charge in [0.1, 0.15) is 5.82 Å². The highest BCUT2D eigenvalue weighted by Gasteiger charge is 2.10. The lowest BCUT2D eigenvalue weighted by Crippen LogP contribution is -2.28. The van der Waals surface area contributed by atoms with Crippen LogP contribution in [0, 0.1) is 13.8 Å². The Morgan fingerprint density at radius 1 is 1.17 bits per heavy atom. The van der Waals surface area contributed by atoms with Crippen LogP contribution < -0.4 is 11.1 Å². The Morgan fingerprint density at radius 3 is 2.62 bits per heavy atom. The van der Waals surface area contributed by atoms with Crippen molar-refractivity contribution in [1.82, 2.24) is 9.97 Å². The van der Waals surface area contributed by atoms with E-state index in [1.54, 1.807) is 6.20 Å². The summed E-state index contributed by atoms with van der Waals surface area (Å²) in [6.45, 7) is 4.71. The predicted molar refractivity (Wildman–Crippen MR) is 98.0 cm³/mol. The number of aryl methyl sites for hydroxylation is 2. The second-order valence-electron chi connectivity index (χ2n) is 6.07. The Balaban J connectivity index is 2.08. The van der Waals surface area contributed by atoms with Crippen molar-refractivity contribution >= 4 is 16.7 Å². The molecule has 2 heterocycles. The van der Waals surface area contributed by atoms with Crippen molar-refractivity contribution < 1.29 is 5.11 Å². The van der Waals surface area contributed by atoms with E-state index in [1.165, 1.54) is 11.1 Å². The Labute approximate surface area is 141 Å². The number of hydrogen-bond acceptors (Lipinski definition) is 5. The average molecular weight is 322 g/mol. The van der Waals surface area contributed by atoms with Crippen LogP contribution in [-0.2, 0) is 0 Å². The number of aromatic nitrogens is 2. The molecule has 24 heavy (non-hydrogen) atoms. The van der Waals surface area contributed by atoms with Crippen LogP contribution >= 0.6 is 0 Å². The lowest BCUT2D eigenvalue weighted by atomic mass is 10.0. The Kier molecular flexibility index (Phi) is 4.74. The minimum atomic E-state index is -0.608. The van der Waals surface area contributed by atoms with Gasteiger partial charge in [-0.05, 0) is 44.2 Å². The first-order valence-corrected chi connectivity index (χ1v) is 8.03. The van der Waals surface area contributed by atoms with Crippen molar-refractivity contribution in [1.29, 1.82) is 0 Å². The number of anilines is 1. The van der Waals surface area contributed by atoms with Crippen molar-refractivity contribution in [2.75, 3.05) is 18.4 Å². The lowest BCUT2D eigenvalue weighted by molar-refractivity contribution is 0.196. The smallest absolute Gasteiger partial charge is 0.136 e. The molecule has 1 unspecified atom stereocenters. The topological polar surface area (TPSA) is 84.1 Å². The first kappa shape index (κ1) is 16.4. The van der Waals surface area contributed by atoms with Crippen LogP contribution in [-0.4, -0.2) is 34.3 Å². The maximum atomic E-state index is 9.72. The van der Waals surface area contributed by atoms with Gasteiger partial charge in [0.2, 0.25) is 0 Å². The van der Waals surface area contributed by atoms with Gasteiger partial charge < -0.3 is 16.2 Å². The molecule has 0 amide bonds. The van der Waals surface area contributed by atoms with Gasteiger partial charge in [-0.3, -0.25) is 4.98 Å².